The Balaban J connectivity index is 2.54. The highest BCUT2D eigenvalue weighted by molar-refractivity contribution is 5.77. The van der Waals surface area contributed by atoms with E-state index < -0.39 is 0 Å². The second-order valence-electron chi connectivity index (χ2n) is 5.77. The topological polar surface area (TPSA) is 32.3 Å². The molecule has 100 valence electrons. The van der Waals surface area contributed by atoms with Crippen molar-refractivity contribution in [2.75, 3.05) is 13.1 Å². The molecule has 1 aliphatic heterocycles. The molecule has 1 amide bonds. The van der Waals surface area contributed by atoms with Gasteiger partial charge in [0, 0.05) is 25.0 Å². The first kappa shape index (κ1) is 14.5. The van der Waals surface area contributed by atoms with Crippen LogP contribution in [-0.2, 0) is 4.79 Å². The number of carbonyl (C=O) groups excluding carboxylic acids is 1. The van der Waals surface area contributed by atoms with Crippen molar-refractivity contribution < 1.29 is 4.79 Å². The van der Waals surface area contributed by atoms with Gasteiger partial charge in [-0.15, -0.1) is 0 Å². The summed E-state index contributed by atoms with van der Waals surface area (Å²) >= 11 is 0. The molecule has 0 aromatic carbocycles. The van der Waals surface area contributed by atoms with Crippen LogP contribution >= 0.6 is 0 Å². The predicted molar refractivity (Wildman–Crippen MR) is 71.9 cm³/mol. The minimum Gasteiger partial charge on any atom is -0.339 e. The highest BCUT2D eigenvalue weighted by Crippen LogP contribution is 2.27. The molecule has 1 N–H and O–H groups in total. The lowest BCUT2D eigenvalue weighted by Gasteiger charge is -2.41. The lowest BCUT2D eigenvalue weighted by Crippen LogP contribution is -2.50. The zero-order valence-corrected chi connectivity index (χ0v) is 12.0. The first-order chi connectivity index (χ1) is 7.95. The van der Waals surface area contributed by atoms with Gasteiger partial charge in [0.05, 0.1) is 0 Å². The molecule has 0 saturated carbocycles. The molecule has 0 bridgehead atoms. The second-order valence-corrected chi connectivity index (χ2v) is 5.77. The predicted octanol–water partition coefficient (Wildman–Crippen LogP) is 2.27. The number of rotatable bonds is 4. The fourth-order valence-corrected chi connectivity index (χ4v) is 2.84. The Morgan fingerprint density at radius 1 is 1.41 bits per heavy atom. The van der Waals surface area contributed by atoms with Gasteiger partial charge in [0.15, 0.2) is 0 Å². The summed E-state index contributed by atoms with van der Waals surface area (Å²) in [6.07, 6.45) is 1.87. The number of amides is 1. The number of hydrogen-bond donors (Lipinski definition) is 1. The molecule has 3 nitrogen and oxygen atoms in total. The molecule has 0 aliphatic carbocycles. The fraction of sp³-hybridized carbons (Fsp3) is 0.929. The summed E-state index contributed by atoms with van der Waals surface area (Å²) in [6.45, 7) is 12.7. The molecule has 1 fully saturated rings. The molecule has 17 heavy (non-hydrogen) atoms. The monoisotopic (exact) mass is 240 g/mol. The van der Waals surface area contributed by atoms with Gasteiger partial charge in [-0.3, -0.25) is 4.79 Å². The van der Waals surface area contributed by atoms with Gasteiger partial charge in [0.2, 0.25) is 5.91 Å². The molecule has 0 aromatic heterocycles. The second kappa shape index (κ2) is 6.39. The molecule has 0 radical (unpaired) electrons. The minimum atomic E-state index is 0.284. The van der Waals surface area contributed by atoms with E-state index in [2.05, 4.69) is 44.8 Å². The molecular formula is C14H28N2O. The zero-order chi connectivity index (χ0) is 13.0. The van der Waals surface area contributed by atoms with Crippen LogP contribution in [0.2, 0.25) is 0 Å². The molecule has 0 spiro atoms. The van der Waals surface area contributed by atoms with Crippen LogP contribution in [0.25, 0.3) is 0 Å². The first-order valence-corrected chi connectivity index (χ1v) is 6.98. The normalized spacial score (nSPS) is 31.4. The molecule has 4 atom stereocenters. The number of carbonyl (C=O) groups is 1. The maximum Gasteiger partial charge on any atom is 0.224 e. The molecule has 1 aliphatic rings. The summed E-state index contributed by atoms with van der Waals surface area (Å²) in [4.78, 5) is 14.4. The van der Waals surface area contributed by atoms with Gasteiger partial charge in [-0.1, -0.05) is 20.8 Å². The Morgan fingerprint density at radius 2 is 2.06 bits per heavy atom. The van der Waals surface area contributed by atoms with Crippen LogP contribution < -0.4 is 5.32 Å². The van der Waals surface area contributed by atoms with E-state index in [1.54, 1.807) is 0 Å². The lowest BCUT2D eigenvalue weighted by atomic mass is 9.85. The molecule has 1 saturated heterocycles. The lowest BCUT2D eigenvalue weighted by molar-refractivity contribution is -0.137. The van der Waals surface area contributed by atoms with Crippen molar-refractivity contribution in [3.63, 3.8) is 0 Å². The maximum absolute atomic E-state index is 12.3. The Kier molecular flexibility index (Phi) is 5.44. The van der Waals surface area contributed by atoms with Crippen molar-refractivity contribution in [1.29, 1.82) is 0 Å². The van der Waals surface area contributed by atoms with Crippen molar-refractivity contribution in [3.05, 3.63) is 0 Å². The zero-order valence-electron chi connectivity index (χ0n) is 12.0. The molecule has 3 heteroatoms. The third kappa shape index (κ3) is 3.98. The minimum absolute atomic E-state index is 0.284. The quantitative estimate of drug-likeness (QED) is 0.817. The SMILES string of the molecule is CCNC(C)CC(=O)N1CC(C)CC(C)C1C. The average Bonchev–Trinajstić information content (AvgIpc) is 2.23. The van der Waals surface area contributed by atoms with Crippen LogP contribution in [0.4, 0.5) is 0 Å². The van der Waals surface area contributed by atoms with E-state index in [-0.39, 0.29) is 6.04 Å². The van der Waals surface area contributed by atoms with E-state index in [4.69, 9.17) is 0 Å². The standard InChI is InChI=1S/C14H28N2O/c1-6-15-12(4)8-14(17)16-9-10(2)7-11(3)13(16)5/h10-13,15H,6-9H2,1-5H3. The molecule has 1 heterocycles. The van der Waals surface area contributed by atoms with Crippen LogP contribution in [0, 0.1) is 11.8 Å². The van der Waals surface area contributed by atoms with E-state index in [0.29, 0.717) is 30.2 Å². The van der Waals surface area contributed by atoms with Gasteiger partial charge in [-0.25, -0.2) is 0 Å². The van der Waals surface area contributed by atoms with Gasteiger partial charge in [-0.05, 0) is 38.6 Å². The van der Waals surface area contributed by atoms with Crippen LogP contribution in [0.5, 0.6) is 0 Å². The van der Waals surface area contributed by atoms with E-state index in [9.17, 15) is 4.79 Å². The highest BCUT2D eigenvalue weighted by atomic mass is 16.2. The van der Waals surface area contributed by atoms with E-state index in [0.717, 1.165) is 13.1 Å². The van der Waals surface area contributed by atoms with Crippen molar-refractivity contribution in [3.8, 4) is 0 Å². The fourth-order valence-electron chi connectivity index (χ4n) is 2.84. The van der Waals surface area contributed by atoms with Crippen LogP contribution in [0.15, 0.2) is 0 Å². The van der Waals surface area contributed by atoms with Crippen molar-refractivity contribution in [2.45, 2.75) is 59.5 Å². The number of likely N-dealkylation sites (tertiary alicyclic amines) is 1. The van der Waals surface area contributed by atoms with Gasteiger partial charge in [0.25, 0.3) is 0 Å². The Bertz CT molecular complexity index is 255. The molecule has 0 aromatic rings. The highest BCUT2D eigenvalue weighted by Gasteiger charge is 2.31. The van der Waals surface area contributed by atoms with Crippen LogP contribution in [0.3, 0.4) is 0 Å². The van der Waals surface area contributed by atoms with Gasteiger partial charge < -0.3 is 10.2 Å². The summed E-state index contributed by atoms with van der Waals surface area (Å²) in [7, 11) is 0. The molecule has 1 rings (SSSR count). The van der Waals surface area contributed by atoms with Crippen molar-refractivity contribution in [2.24, 2.45) is 11.8 Å². The smallest absolute Gasteiger partial charge is 0.224 e. The summed E-state index contributed by atoms with van der Waals surface area (Å²) in [5, 5.41) is 3.31. The maximum atomic E-state index is 12.3. The molecule has 4 unspecified atom stereocenters. The number of nitrogens with zero attached hydrogens (tertiary/aromatic N) is 1. The van der Waals surface area contributed by atoms with Crippen LogP contribution in [0.1, 0.15) is 47.5 Å². The number of hydrogen-bond acceptors (Lipinski definition) is 2. The molecular weight excluding hydrogens is 212 g/mol. The first-order valence-electron chi connectivity index (χ1n) is 6.98. The van der Waals surface area contributed by atoms with Crippen LogP contribution in [-0.4, -0.2) is 36.0 Å². The largest absolute Gasteiger partial charge is 0.339 e. The van der Waals surface area contributed by atoms with Gasteiger partial charge in [-0.2, -0.15) is 0 Å². The summed E-state index contributed by atoms with van der Waals surface area (Å²) < 4.78 is 0. The average molecular weight is 240 g/mol. The number of piperidine rings is 1. The van der Waals surface area contributed by atoms with E-state index >= 15 is 0 Å². The third-order valence-corrected chi connectivity index (χ3v) is 3.95. The number of nitrogens with one attached hydrogen (secondary N) is 1. The Morgan fingerprint density at radius 3 is 2.65 bits per heavy atom. The summed E-state index contributed by atoms with van der Waals surface area (Å²) in [6, 6.07) is 0.680. The van der Waals surface area contributed by atoms with Crippen molar-refractivity contribution in [1.82, 2.24) is 10.2 Å². The summed E-state index contributed by atoms with van der Waals surface area (Å²) in [5.41, 5.74) is 0. The third-order valence-electron chi connectivity index (χ3n) is 3.95. The summed E-state index contributed by atoms with van der Waals surface area (Å²) in [5.74, 6) is 1.57. The van der Waals surface area contributed by atoms with Crippen molar-refractivity contribution >= 4 is 5.91 Å². The van der Waals surface area contributed by atoms with Gasteiger partial charge in [0.1, 0.15) is 0 Å². The van der Waals surface area contributed by atoms with E-state index in [1.807, 2.05) is 0 Å². The Hall–Kier alpha value is -0.570. The van der Waals surface area contributed by atoms with E-state index in [1.165, 1.54) is 6.42 Å². The van der Waals surface area contributed by atoms with Gasteiger partial charge >= 0.3 is 0 Å². The Labute approximate surface area is 106 Å².